The van der Waals surface area contributed by atoms with Gasteiger partial charge in [-0.2, -0.15) is 36.1 Å². The van der Waals surface area contributed by atoms with E-state index in [1.165, 1.54) is 19.2 Å². The summed E-state index contributed by atoms with van der Waals surface area (Å²) in [5.41, 5.74) is -3.03. The Balaban J connectivity index is 2.22. The zero-order chi connectivity index (χ0) is 21.4. The minimum atomic E-state index is -4.63. The molecule has 3 rings (SSSR count). The van der Waals surface area contributed by atoms with E-state index in [9.17, 15) is 31.1 Å². The van der Waals surface area contributed by atoms with E-state index in [0.717, 1.165) is 42.6 Å². The monoisotopic (exact) mass is 413 g/mol. The molecule has 0 fully saturated rings. The molecule has 0 spiro atoms. The van der Waals surface area contributed by atoms with Crippen LogP contribution in [0.3, 0.4) is 0 Å². The van der Waals surface area contributed by atoms with Crippen molar-refractivity contribution in [3.05, 3.63) is 76.2 Å². The van der Waals surface area contributed by atoms with Gasteiger partial charge in [-0.1, -0.05) is 18.2 Å². The maximum absolute atomic E-state index is 13.0. The number of anilines is 1. The molecule has 1 aromatic heterocycles. The maximum atomic E-state index is 13.0. The first-order chi connectivity index (χ1) is 13.5. The molecule has 0 unspecified atom stereocenters. The molecule has 4 nitrogen and oxygen atoms in total. The molecule has 0 amide bonds. The van der Waals surface area contributed by atoms with Gasteiger partial charge in [0.05, 0.1) is 34.3 Å². The molecule has 152 valence electrons. The summed E-state index contributed by atoms with van der Waals surface area (Å²) in [6.45, 7) is 0. The quantitative estimate of drug-likeness (QED) is 0.617. The highest BCUT2D eigenvalue weighted by atomic mass is 19.4. The van der Waals surface area contributed by atoms with Crippen molar-refractivity contribution in [1.29, 1.82) is 0 Å². The lowest BCUT2D eigenvalue weighted by Crippen LogP contribution is -2.24. The summed E-state index contributed by atoms with van der Waals surface area (Å²) >= 11 is 0. The first-order valence-electron chi connectivity index (χ1n) is 8.17. The first-order valence-corrected chi connectivity index (χ1v) is 8.17. The van der Waals surface area contributed by atoms with Crippen molar-refractivity contribution in [3.63, 3.8) is 0 Å². The van der Waals surface area contributed by atoms with Gasteiger partial charge in [-0.05, 0) is 35.9 Å². The average molecular weight is 413 g/mol. The Hall–Kier alpha value is -3.30. The Morgan fingerprint density at radius 1 is 0.897 bits per heavy atom. The zero-order valence-corrected chi connectivity index (χ0v) is 14.8. The van der Waals surface area contributed by atoms with Crippen molar-refractivity contribution in [2.75, 3.05) is 12.4 Å². The van der Waals surface area contributed by atoms with Gasteiger partial charge >= 0.3 is 12.4 Å². The third-order valence-corrected chi connectivity index (χ3v) is 4.14. The highest BCUT2D eigenvalue weighted by Crippen LogP contribution is 2.33. The van der Waals surface area contributed by atoms with Gasteiger partial charge in [0.25, 0.3) is 5.56 Å². The lowest BCUT2D eigenvalue weighted by Gasteiger charge is -2.14. The van der Waals surface area contributed by atoms with Crippen LogP contribution < -0.4 is 10.9 Å². The molecule has 0 radical (unpaired) electrons. The molecule has 29 heavy (non-hydrogen) atoms. The van der Waals surface area contributed by atoms with Gasteiger partial charge in [0, 0.05) is 7.05 Å². The molecule has 10 heteroatoms. The van der Waals surface area contributed by atoms with Gasteiger partial charge in [-0.15, -0.1) is 0 Å². The minimum Gasteiger partial charge on any atom is -0.386 e. The Morgan fingerprint density at radius 2 is 1.48 bits per heavy atom. The van der Waals surface area contributed by atoms with Crippen molar-refractivity contribution in [2.24, 2.45) is 0 Å². The number of aromatic nitrogens is 2. The molecular formula is C19H13F6N3O. The number of hydrogen-bond acceptors (Lipinski definition) is 3. The van der Waals surface area contributed by atoms with Crippen LogP contribution in [0.2, 0.25) is 0 Å². The molecule has 0 atom stereocenters. The van der Waals surface area contributed by atoms with Crippen LogP contribution in [0.15, 0.2) is 59.5 Å². The van der Waals surface area contributed by atoms with Gasteiger partial charge in [-0.25, -0.2) is 0 Å². The van der Waals surface area contributed by atoms with Gasteiger partial charge in [0.15, 0.2) is 0 Å². The highest BCUT2D eigenvalue weighted by molar-refractivity contribution is 5.77. The molecule has 0 aliphatic carbocycles. The summed E-state index contributed by atoms with van der Waals surface area (Å²) in [5.74, 6) is 0. The number of halogens is 6. The van der Waals surface area contributed by atoms with Crippen LogP contribution in [0, 0.1) is 0 Å². The molecular weight excluding hydrogens is 400 g/mol. The largest absolute Gasteiger partial charge is 0.416 e. The van der Waals surface area contributed by atoms with Crippen LogP contribution in [0.5, 0.6) is 0 Å². The predicted molar refractivity (Wildman–Crippen MR) is 94.8 cm³/mol. The second kappa shape index (κ2) is 7.26. The maximum Gasteiger partial charge on any atom is 0.416 e. The van der Waals surface area contributed by atoms with E-state index in [-0.39, 0.29) is 22.5 Å². The number of alkyl halides is 6. The van der Waals surface area contributed by atoms with Crippen LogP contribution >= 0.6 is 0 Å². The molecule has 2 aromatic carbocycles. The Morgan fingerprint density at radius 3 is 2.07 bits per heavy atom. The van der Waals surface area contributed by atoms with E-state index in [4.69, 9.17) is 0 Å². The molecule has 0 saturated heterocycles. The van der Waals surface area contributed by atoms with E-state index in [1.807, 2.05) is 0 Å². The van der Waals surface area contributed by atoms with Crippen LogP contribution in [0.25, 0.3) is 16.8 Å². The highest BCUT2D eigenvalue weighted by Gasteiger charge is 2.32. The summed E-state index contributed by atoms with van der Waals surface area (Å²) < 4.78 is 78.8. The SMILES string of the molecule is CNc1cnn(-c2cccc(C(F)(F)F)c2)c(=O)c1-c1cccc(C(F)(F)F)c1. The smallest absolute Gasteiger partial charge is 0.386 e. The van der Waals surface area contributed by atoms with Crippen molar-refractivity contribution in [1.82, 2.24) is 9.78 Å². The van der Waals surface area contributed by atoms with Crippen LogP contribution in [-0.2, 0) is 12.4 Å². The summed E-state index contributed by atoms with van der Waals surface area (Å²) in [5, 5.41) is 6.52. The minimum absolute atomic E-state index is 0.0442. The third-order valence-electron chi connectivity index (χ3n) is 4.14. The predicted octanol–water partition coefficient (Wildman–Crippen LogP) is 4.98. The fourth-order valence-corrected chi connectivity index (χ4v) is 2.77. The van der Waals surface area contributed by atoms with Crippen LogP contribution in [0.4, 0.5) is 32.0 Å². The van der Waals surface area contributed by atoms with Gasteiger partial charge in [-0.3, -0.25) is 4.79 Å². The fourth-order valence-electron chi connectivity index (χ4n) is 2.77. The van der Waals surface area contributed by atoms with Crippen molar-refractivity contribution >= 4 is 5.69 Å². The molecule has 0 saturated carbocycles. The number of rotatable bonds is 3. The number of hydrogen-bond donors (Lipinski definition) is 1. The topological polar surface area (TPSA) is 46.9 Å². The normalized spacial score (nSPS) is 12.1. The molecule has 0 aliphatic heterocycles. The van der Waals surface area contributed by atoms with Gasteiger partial charge in [0.2, 0.25) is 0 Å². The summed E-state index contributed by atoms with van der Waals surface area (Å²) in [4.78, 5) is 13.0. The first kappa shape index (κ1) is 20.4. The van der Waals surface area contributed by atoms with E-state index in [1.54, 1.807) is 0 Å². The Labute approximate surface area is 160 Å². The third kappa shape index (κ3) is 4.10. The van der Waals surface area contributed by atoms with Gasteiger partial charge in [0.1, 0.15) is 0 Å². The van der Waals surface area contributed by atoms with E-state index in [0.29, 0.717) is 4.68 Å². The van der Waals surface area contributed by atoms with Crippen molar-refractivity contribution in [3.8, 4) is 16.8 Å². The molecule has 3 aromatic rings. The van der Waals surface area contributed by atoms with E-state index < -0.39 is 29.0 Å². The lowest BCUT2D eigenvalue weighted by atomic mass is 10.0. The molecule has 1 heterocycles. The molecule has 1 N–H and O–H groups in total. The number of benzene rings is 2. The summed E-state index contributed by atoms with van der Waals surface area (Å²) in [6, 6.07) is 8.05. The molecule has 0 aliphatic rings. The van der Waals surface area contributed by atoms with E-state index in [2.05, 4.69) is 10.4 Å². The summed E-state index contributed by atoms with van der Waals surface area (Å²) in [6.07, 6.45) is -8.09. The van der Waals surface area contributed by atoms with Crippen molar-refractivity contribution in [2.45, 2.75) is 12.4 Å². The summed E-state index contributed by atoms with van der Waals surface area (Å²) in [7, 11) is 1.45. The average Bonchev–Trinajstić information content (AvgIpc) is 2.66. The van der Waals surface area contributed by atoms with Crippen LogP contribution in [0.1, 0.15) is 11.1 Å². The second-order valence-corrected chi connectivity index (χ2v) is 6.03. The lowest BCUT2D eigenvalue weighted by molar-refractivity contribution is -0.138. The zero-order valence-electron chi connectivity index (χ0n) is 14.8. The Kier molecular flexibility index (Phi) is 5.12. The van der Waals surface area contributed by atoms with Crippen LogP contribution in [-0.4, -0.2) is 16.8 Å². The fraction of sp³-hybridized carbons (Fsp3) is 0.158. The Bertz CT molecular complexity index is 1100. The van der Waals surface area contributed by atoms with E-state index >= 15 is 0 Å². The number of nitrogens with one attached hydrogen (secondary N) is 1. The second-order valence-electron chi connectivity index (χ2n) is 6.03. The molecule has 0 bridgehead atoms. The van der Waals surface area contributed by atoms with Crippen molar-refractivity contribution < 1.29 is 26.3 Å². The number of nitrogens with zero attached hydrogens (tertiary/aromatic N) is 2. The van der Waals surface area contributed by atoms with Gasteiger partial charge < -0.3 is 5.32 Å². The standard InChI is InChI=1S/C19H13F6N3O/c1-26-15-10-27-28(14-7-3-6-13(9-14)19(23,24)25)17(29)16(15)11-4-2-5-12(8-11)18(20,21)22/h2-10,26H,1H3.